The zero-order valence-corrected chi connectivity index (χ0v) is 14.5. The maximum Gasteiger partial charge on any atom is 0.323 e. The third kappa shape index (κ3) is 5.26. The number of carbonyl (C=O) groups is 1. The molecule has 0 aromatic carbocycles. The van der Waals surface area contributed by atoms with Crippen molar-refractivity contribution in [2.45, 2.75) is 71.9 Å². The van der Waals surface area contributed by atoms with Gasteiger partial charge in [-0.25, -0.2) is 0 Å². The van der Waals surface area contributed by atoms with E-state index in [2.05, 4.69) is 37.9 Å². The van der Waals surface area contributed by atoms with Gasteiger partial charge in [-0.05, 0) is 64.5 Å². The van der Waals surface area contributed by atoms with Crippen LogP contribution in [0.1, 0.15) is 60.3 Å². The van der Waals surface area contributed by atoms with Crippen molar-refractivity contribution in [1.82, 2.24) is 10.2 Å². The first kappa shape index (κ1) is 18.4. The zero-order chi connectivity index (χ0) is 16.0. The maximum atomic E-state index is 11.5. The van der Waals surface area contributed by atoms with E-state index < -0.39 is 11.5 Å². The molecular weight excluding hydrogens is 264 g/mol. The summed E-state index contributed by atoms with van der Waals surface area (Å²) in [5, 5.41) is 12.6. The summed E-state index contributed by atoms with van der Waals surface area (Å²) in [4.78, 5) is 14.0. The lowest BCUT2D eigenvalue weighted by Crippen LogP contribution is -2.51. The van der Waals surface area contributed by atoms with Gasteiger partial charge in [0.1, 0.15) is 5.54 Å². The minimum absolute atomic E-state index is 0.612. The van der Waals surface area contributed by atoms with Crippen LogP contribution in [0.15, 0.2) is 0 Å². The Morgan fingerprint density at radius 2 is 2.05 bits per heavy atom. The average molecular weight is 298 g/mol. The molecule has 1 heterocycles. The van der Waals surface area contributed by atoms with Gasteiger partial charge >= 0.3 is 5.97 Å². The fourth-order valence-corrected chi connectivity index (χ4v) is 3.44. The summed E-state index contributed by atoms with van der Waals surface area (Å²) in [7, 11) is 0. The molecule has 4 unspecified atom stereocenters. The number of hydrogen-bond acceptors (Lipinski definition) is 3. The van der Waals surface area contributed by atoms with Crippen LogP contribution in [0.2, 0.25) is 0 Å². The Morgan fingerprint density at radius 1 is 1.38 bits per heavy atom. The van der Waals surface area contributed by atoms with Crippen molar-refractivity contribution in [1.29, 1.82) is 0 Å². The maximum absolute atomic E-state index is 11.5. The molecule has 2 N–H and O–H groups in total. The summed E-state index contributed by atoms with van der Waals surface area (Å²) in [6.45, 7) is 13.8. The van der Waals surface area contributed by atoms with E-state index in [-0.39, 0.29) is 0 Å². The van der Waals surface area contributed by atoms with Gasteiger partial charge in [0.05, 0.1) is 0 Å². The van der Waals surface area contributed by atoms with Crippen LogP contribution in [0.5, 0.6) is 0 Å². The monoisotopic (exact) mass is 298 g/mol. The number of carboxylic acids is 1. The first-order valence-corrected chi connectivity index (χ1v) is 8.52. The molecule has 1 saturated heterocycles. The van der Waals surface area contributed by atoms with Crippen LogP contribution in [-0.2, 0) is 4.79 Å². The van der Waals surface area contributed by atoms with Crippen LogP contribution in [0.4, 0.5) is 0 Å². The van der Waals surface area contributed by atoms with Crippen molar-refractivity contribution < 1.29 is 9.90 Å². The predicted octanol–water partition coefficient (Wildman–Crippen LogP) is 2.98. The third-order valence-corrected chi connectivity index (χ3v) is 5.08. The molecule has 1 aliphatic rings. The van der Waals surface area contributed by atoms with E-state index in [4.69, 9.17) is 0 Å². The van der Waals surface area contributed by atoms with E-state index in [0.29, 0.717) is 12.5 Å². The van der Waals surface area contributed by atoms with Crippen LogP contribution in [0.25, 0.3) is 0 Å². The Morgan fingerprint density at radius 3 is 2.62 bits per heavy atom. The highest BCUT2D eigenvalue weighted by Crippen LogP contribution is 2.27. The number of hydrogen-bond donors (Lipinski definition) is 2. The fourth-order valence-electron chi connectivity index (χ4n) is 3.44. The van der Waals surface area contributed by atoms with Gasteiger partial charge in [0, 0.05) is 12.6 Å². The first-order chi connectivity index (χ1) is 9.80. The van der Waals surface area contributed by atoms with Crippen molar-refractivity contribution >= 4 is 5.97 Å². The smallest absolute Gasteiger partial charge is 0.323 e. The van der Waals surface area contributed by atoms with Gasteiger partial charge in [0.2, 0.25) is 0 Å². The lowest BCUT2D eigenvalue weighted by atomic mass is 9.85. The summed E-state index contributed by atoms with van der Waals surface area (Å²) >= 11 is 0. The number of rotatable bonds is 8. The van der Waals surface area contributed by atoms with Gasteiger partial charge in [0.25, 0.3) is 0 Å². The largest absolute Gasteiger partial charge is 0.480 e. The number of nitrogens with one attached hydrogen (secondary N) is 1. The molecule has 0 saturated carbocycles. The highest BCUT2D eigenvalue weighted by atomic mass is 16.4. The Balaban J connectivity index is 2.48. The van der Waals surface area contributed by atoms with E-state index >= 15 is 0 Å². The average Bonchev–Trinajstić information content (AvgIpc) is 2.41. The number of piperidine rings is 1. The zero-order valence-electron chi connectivity index (χ0n) is 14.5. The van der Waals surface area contributed by atoms with Gasteiger partial charge in [-0.3, -0.25) is 4.79 Å². The minimum atomic E-state index is -0.785. The standard InChI is InChI=1S/C17H34N2O2/c1-6-9-18-17(5,16(20)21)8-7-10-19-12-13(2)11-14(3)15(19)4/h13-15,18H,6-12H2,1-5H3,(H,20,21). The molecule has 0 aliphatic carbocycles. The Labute approximate surface area is 130 Å². The van der Waals surface area contributed by atoms with Crippen molar-refractivity contribution in [3.63, 3.8) is 0 Å². The topological polar surface area (TPSA) is 52.6 Å². The number of likely N-dealkylation sites (tertiary alicyclic amines) is 1. The normalized spacial score (nSPS) is 30.0. The van der Waals surface area contributed by atoms with Gasteiger partial charge < -0.3 is 15.3 Å². The summed E-state index contributed by atoms with van der Waals surface area (Å²) in [5.74, 6) is 0.752. The molecule has 21 heavy (non-hydrogen) atoms. The summed E-state index contributed by atoms with van der Waals surface area (Å²) < 4.78 is 0. The number of aliphatic carboxylic acids is 1. The molecule has 0 amide bonds. The van der Waals surface area contributed by atoms with Gasteiger partial charge in [0.15, 0.2) is 0 Å². The van der Waals surface area contributed by atoms with Crippen molar-refractivity contribution in [2.75, 3.05) is 19.6 Å². The van der Waals surface area contributed by atoms with Crippen LogP contribution >= 0.6 is 0 Å². The second-order valence-corrected chi connectivity index (χ2v) is 7.22. The molecule has 1 rings (SSSR count). The second-order valence-electron chi connectivity index (χ2n) is 7.22. The van der Waals surface area contributed by atoms with E-state index in [1.807, 2.05) is 6.92 Å². The van der Waals surface area contributed by atoms with Crippen molar-refractivity contribution in [2.24, 2.45) is 11.8 Å². The molecule has 0 bridgehead atoms. The van der Waals surface area contributed by atoms with E-state index in [9.17, 15) is 9.90 Å². The Bertz CT molecular complexity index is 335. The number of nitrogens with zero attached hydrogens (tertiary/aromatic N) is 1. The van der Waals surface area contributed by atoms with Crippen molar-refractivity contribution in [3.05, 3.63) is 0 Å². The van der Waals surface area contributed by atoms with Gasteiger partial charge in [-0.2, -0.15) is 0 Å². The molecule has 4 heteroatoms. The quantitative estimate of drug-likeness (QED) is 0.723. The van der Waals surface area contributed by atoms with E-state index in [1.54, 1.807) is 0 Å². The minimum Gasteiger partial charge on any atom is -0.480 e. The highest BCUT2D eigenvalue weighted by molar-refractivity contribution is 5.78. The SMILES string of the molecule is CCCNC(C)(CCCN1CC(C)CC(C)C1C)C(=O)O. The van der Waals surface area contributed by atoms with Crippen LogP contribution < -0.4 is 5.32 Å². The Kier molecular flexibility index (Phi) is 7.14. The molecule has 4 atom stereocenters. The van der Waals surface area contributed by atoms with Gasteiger partial charge in [-0.15, -0.1) is 0 Å². The molecule has 0 aromatic heterocycles. The molecule has 1 aliphatic heterocycles. The molecular formula is C17H34N2O2. The predicted molar refractivity (Wildman–Crippen MR) is 87.5 cm³/mol. The van der Waals surface area contributed by atoms with E-state index in [1.165, 1.54) is 6.42 Å². The fraction of sp³-hybridized carbons (Fsp3) is 0.941. The number of carboxylic acid groups (broad SMARTS) is 1. The van der Waals surface area contributed by atoms with Crippen molar-refractivity contribution in [3.8, 4) is 0 Å². The Hall–Kier alpha value is -0.610. The summed E-state index contributed by atoms with van der Waals surface area (Å²) in [5.41, 5.74) is -0.785. The lowest BCUT2D eigenvalue weighted by Gasteiger charge is -2.41. The summed E-state index contributed by atoms with van der Waals surface area (Å²) in [6, 6.07) is 0.612. The third-order valence-electron chi connectivity index (χ3n) is 5.08. The van der Waals surface area contributed by atoms with Gasteiger partial charge in [-0.1, -0.05) is 20.8 Å². The lowest BCUT2D eigenvalue weighted by molar-refractivity contribution is -0.144. The molecule has 1 fully saturated rings. The second kappa shape index (κ2) is 8.14. The molecule has 4 nitrogen and oxygen atoms in total. The van der Waals surface area contributed by atoms with Crippen LogP contribution in [-0.4, -0.2) is 47.2 Å². The van der Waals surface area contributed by atoms with E-state index in [0.717, 1.165) is 44.3 Å². The van der Waals surface area contributed by atoms with Crippen LogP contribution in [0, 0.1) is 11.8 Å². The molecule has 0 radical (unpaired) electrons. The highest BCUT2D eigenvalue weighted by Gasteiger charge is 2.33. The summed E-state index contributed by atoms with van der Waals surface area (Å²) in [6.07, 6.45) is 3.89. The molecule has 124 valence electrons. The first-order valence-electron chi connectivity index (χ1n) is 8.52. The molecule has 0 spiro atoms. The van der Waals surface area contributed by atoms with Crippen LogP contribution in [0.3, 0.4) is 0 Å². The molecule has 0 aromatic rings.